The van der Waals surface area contributed by atoms with Crippen molar-refractivity contribution in [2.75, 3.05) is 4.90 Å². The lowest BCUT2D eigenvalue weighted by Gasteiger charge is -2.26. The number of nitrogens with zero attached hydrogens (tertiary/aromatic N) is 2. The third-order valence-corrected chi connectivity index (χ3v) is 14.3. The van der Waals surface area contributed by atoms with E-state index >= 15 is 0 Å². The second kappa shape index (κ2) is 15.2. The van der Waals surface area contributed by atoms with Crippen molar-refractivity contribution >= 4 is 91.9 Å². The Morgan fingerprint density at radius 2 is 0.892 bits per heavy atom. The SMILES string of the molecule is c1ccc(-c2ccc(N(c3ccc(-c4ccc5c(ccc6ccccc65)c4)cc3)c3cccc(-c4cccc5c4c4ccccc4n5-c4cccc5sc6ccccc6c45)c3)cc2)cc1. The van der Waals surface area contributed by atoms with Gasteiger partial charge in [-0.05, 0) is 128 Å². The topological polar surface area (TPSA) is 8.17 Å². The summed E-state index contributed by atoms with van der Waals surface area (Å²) in [5.41, 5.74) is 14.1. The van der Waals surface area contributed by atoms with Crippen LogP contribution >= 0.6 is 11.3 Å². The third kappa shape index (κ3) is 6.24. The minimum Gasteiger partial charge on any atom is -0.310 e. The average molecular weight is 845 g/mol. The molecule has 0 aliphatic heterocycles. The van der Waals surface area contributed by atoms with Crippen LogP contribution in [0.1, 0.15) is 0 Å². The molecule has 13 aromatic rings. The highest BCUT2D eigenvalue weighted by atomic mass is 32.1. The molecule has 2 aromatic heterocycles. The van der Waals surface area contributed by atoms with Crippen LogP contribution in [0.4, 0.5) is 17.1 Å². The maximum Gasteiger partial charge on any atom is 0.0555 e. The van der Waals surface area contributed by atoms with E-state index in [4.69, 9.17) is 0 Å². The van der Waals surface area contributed by atoms with Crippen LogP contribution in [0, 0.1) is 0 Å². The molecule has 0 aliphatic rings. The quantitative estimate of drug-likeness (QED) is 0.145. The number of hydrogen-bond donors (Lipinski definition) is 0. The van der Waals surface area contributed by atoms with Crippen LogP contribution in [0.2, 0.25) is 0 Å². The number of benzene rings is 11. The highest BCUT2D eigenvalue weighted by Crippen LogP contribution is 2.45. The Kier molecular flexibility index (Phi) is 8.75. The van der Waals surface area contributed by atoms with E-state index in [2.05, 4.69) is 252 Å². The van der Waals surface area contributed by atoms with Gasteiger partial charge < -0.3 is 9.47 Å². The van der Waals surface area contributed by atoms with Crippen molar-refractivity contribution in [2.24, 2.45) is 0 Å². The Balaban J connectivity index is 0.947. The second-order valence-corrected chi connectivity index (χ2v) is 18.0. The second-order valence-electron chi connectivity index (χ2n) is 16.9. The van der Waals surface area contributed by atoms with Gasteiger partial charge in [0.2, 0.25) is 0 Å². The van der Waals surface area contributed by atoms with Crippen LogP contribution in [-0.4, -0.2) is 4.57 Å². The monoisotopic (exact) mass is 844 g/mol. The van der Waals surface area contributed by atoms with E-state index in [-0.39, 0.29) is 0 Å². The molecule has 65 heavy (non-hydrogen) atoms. The fourth-order valence-corrected chi connectivity index (χ4v) is 11.3. The van der Waals surface area contributed by atoms with Crippen molar-refractivity contribution < 1.29 is 0 Å². The maximum atomic E-state index is 2.49. The molecular formula is C62H40N2S. The maximum absolute atomic E-state index is 2.49. The molecule has 11 aromatic carbocycles. The van der Waals surface area contributed by atoms with Crippen molar-refractivity contribution in [3.63, 3.8) is 0 Å². The number of para-hydroxylation sites is 1. The van der Waals surface area contributed by atoms with Crippen molar-refractivity contribution in [2.45, 2.75) is 0 Å². The van der Waals surface area contributed by atoms with Gasteiger partial charge in [-0.1, -0.05) is 170 Å². The number of hydrogen-bond acceptors (Lipinski definition) is 2. The fraction of sp³-hybridized carbons (Fsp3) is 0. The minimum atomic E-state index is 1.09. The van der Waals surface area contributed by atoms with E-state index in [0.29, 0.717) is 0 Å². The Bertz CT molecular complexity index is 3930. The van der Waals surface area contributed by atoms with Gasteiger partial charge in [0.15, 0.2) is 0 Å². The van der Waals surface area contributed by atoms with Gasteiger partial charge in [-0.3, -0.25) is 0 Å². The van der Waals surface area contributed by atoms with Crippen LogP contribution in [-0.2, 0) is 0 Å². The first kappa shape index (κ1) is 37.3. The first-order valence-corrected chi connectivity index (χ1v) is 23.1. The molecule has 304 valence electrons. The van der Waals surface area contributed by atoms with Crippen LogP contribution in [0.3, 0.4) is 0 Å². The number of fused-ring (bicyclic) bond motifs is 9. The fourth-order valence-electron chi connectivity index (χ4n) is 10.2. The van der Waals surface area contributed by atoms with E-state index in [1.807, 2.05) is 11.3 Å². The molecule has 0 amide bonds. The molecule has 0 saturated carbocycles. The van der Waals surface area contributed by atoms with Gasteiger partial charge in [-0.15, -0.1) is 11.3 Å². The molecule has 0 unspecified atom stereocenters. The lowest BCUT2D eigenvalue weighted by atomic mass is 9.97. The summed E-state index contributed by atoms with van der Waals surface area (Å²) in [6, 6.07) is 88.9. The number of anilines is 3. The van der Waals surface area contributed by atoms with E-state index in [0.717, 1.165) is 17.1 Å². The predicted molar refractivity (Wildman–Crippen MR) is 280 cm³/mol. The molecule has 0 saturated heterocycles. The highest BCUT2D eigenvalue weighted by Gasteiger charge is 2.20. The van der Waals surface area contributed by atoms with Gasteiger partial charge in [0.1, 0.15) is 0 Å². The Hall–Kier alpha value is -8.24. The van der Waals surface area contributed by atoms with Crippen LogP contribution in [0.5, 0.6) is 0 Å². The van der Waals surface area contributed by atoms with Crippen molar-refractivity contribution in [1.82, 2.24) is 4.57 Å². The summed E-state index contributed by atoms with van der Waals surface area (Å²) in [5.74, 6) is 0. The standard InChI is InChI=1S/C62H40N2S/c1-2-13-41(14-3-1)42-29-34-48(35-30-42)63(49-36-31-43(32-37-49)45-33-38-52-47(39-45)28-27-44-15-4-5-18-51(44)52)50-17-10-16-46(40-50)53-21-11-23-57-61(53)54-19-6-8-22-56(54)64(57)58-24-12-26-60-62(58)55-20-7-9-25-59(55)65-60/h1-40H. The Morgan fingerprint density at radius 1 is 0.308 bits per heavy atom. The molecular weight excluding hydrogens is 805 g/mol. The molecule has 0 aliphatic carbocycles. The van der Waals surface area contributed by atoms with E-state index in [1.54, 1.807) is 0 Å². The van der Waals surface area contributed by atoms with Crippen molar-refractivity contribution in [1.29, 1.82) is 0 Å². The number of thiophene rings is 1. The zero-order valence-electron chi connectivity index (χ0n) is 35.4. The molecule has 13 rings (SSSR count). The molecule has 0 radical (unpaired) electrons. The molecule has 2 nitrogen and oxygen atoms in total. The minimum absolute atomic E-state index is 1.09. The van der Waals surface area contributed by atoms with Gasteiger partial charge in [0.05, 0.1) is 16.7 Å². The predicted octanol–water partition coefficient (Wildman–Crippen LogP) is 17.9. The normalized spacial score (nSPS) is 11.7. The van der Waals surface area contributed by atoms with Crippen molar-refractivity contribution in [3.8, 4) is 39.1 Å². The molecule has 3 heteroatoms. The van der Waals surface area contributed by atoms with Crippen molar-refractivity contribution in [3.05, 3.63) is 243 Å². The van der Waals surface area contributed by atoms with E-state index in [9.17, 15) is 0 Å². The smallest absolute Gasteiger partial charge is 0.0555 e. The summed E-state index contributed by atoms with van der Waals surface area (Å²) in [4.78, 5) is 2.39. The first-order valence-electron chi connectivity index (χ1n) is 22.2. The molecule has 0 atom stereocenters. The summed E-state index contributed by atoms with van der Waals surface area (Å²) < 4.78 is 5.10. The van der Waals surface area contributed by atoms with Gasteiger partial charge in [-0.2, -0.15) is 0 Å². The van der Waals surface area contributed by atoms with Crippen LogP contribution in [0.25, 0.3) is 103 Å². The molecule has 0 spiro atoms. The molecule has 2 heterocycles. The zero-order valence-corrected chi connectivity index (χ0v) is 36.2. The van der Waals surface area contributed by atoms with E-state index < -0.39 is 0 Å². The first-order chi connectivity index (χ1) is 32.2. The molecule has 0 bridgehead atoms. The lowest BCUT2D eigenvalue weighted by molar-refractivity contribution is 1.20. The molecule has 0 N–H and O–H groups in total. The number of aromatic nitrogens is 1. The zero-order chi connectivity index (χ0) is 42.8. The van der Waals surface area contributed by atoms with Crippen LogP contribution in [0.15, 0.2) is 243 Å². The lowest BCUT2D eigenvalue weighted by Crippen LogP contribution is -2.10. The third-order valence-electron chi connectivity index (χ3n) is 13.2. The van der Waals surface area contributed by atoms with Gasteiger partial charge in [0, 0.05) is 48.0 Å². The van der Waals surface area contributed by atoms with Gasteiger partial charge >= 0.3 is 0 Å². The number of rotatable bonds is 7. The summed E-state index contributed by atoms with van der Waals surface area (Å²) in [6.45, 7) is 0. The van der Waals surface area contributed by atoms with Gasteiger partial charge in [0.25, 0.3) is 0 Å². The summed E-state index contributed by atoms with van der Waals surface area (Å²) >= 11 is 1.87. The molecule has 0 fully saturated rings. The average Bonchev–Trinajstić information content (AvgIpc) is 3.93. The highest BCUT2D eigenvalue weighted by molar-refractivity contribution is 7.25. The Labute approximate surface area is 381 Å². The van der Waals surface area contributed by atoms with Gasteiger partial charge in [-0.25, -0.2) is 0 Å². The van der Waals surface area contributed by atoms with E-state index in [1.165, 1.54) is 103 Å². The largest absolute Gasteiger partial charge is 0.310 e. The summed E-state index contributed by atoms with van der Waals surface area (Å²) in [7, 11) is 0. The Morgan fingerprint density at radius 3 is 1.72 bits per heavy atom. The van der Waals surface area contributed by atoms with Crippen LogP contribution < -0.4 is 4.90 Å². The summed E-state index contributed by atoms with van der Waals surface area (Å²) in [5, 5.41) is 10.2. The summed E-state index contributed by atoms with van der Waals surface area (Å²) in [6.07, 6.45) is 0.